The van der Waals surface area contributed by atoms with Crippen LogP contribution in [0.1, 0.15) is 69.7 Å². The average molecular weight is 549 g/mol. The zero-order valence-corrected chi connectivity index (χ0v) is 21.2. The fourth-order valence-corrected chi connectivity index (χ4v) is 4.56. The summed E-state index contributed by atoms with van der Waals surface area (Å²) in [5.74, 6) is -0.369. The van der Waals surface area contributed by atoms with Gasteiger partial charge in [-0.25, -0.2) is 9.59 Å². The van der Waals surface area contributed by atoms with E-state index in [9.17, 15) is 9.59 Å². The van der Waals surface area contributed by atoms with E-state index in [0.29, 0.717) is 6.42 Å². The van der Waals surface area contributed by atoms with Gasteiger partial charge in [-0.05, 0) is 49.2 Å². The molecule has 32 heavy (non-hydrogen) atoms. The summed E-state index contributed by atoms with van der Waals surface area (Å²) in [5, 5.41) is 0. The van der Waals surface area contributed by atoms with Crippen molar-refractivity contribution in [2.75, 3.05) is 4.43 Å². The summed E-state index contributed by atoms with van der Waals surface area (Å²) in [4.78, 5) is 28.4. The van der Waals surface area contributed by atoms with Gasteiger partial charge in [0, 0.05) is 0 Å². The molecule has 1 aliphatic heterocycles. The Balaban J connectivity index is 2.04. The Morgan fingerprint density at radius 1 is 0.969 bits per heavy atom. The number of halogens is 1. The van der Waals surface area contributed by atoms with Crippen LogP contribution in [0.3, 0.4) is 0 Å². The van der Waals surface area contributed by atoms with E-state index in [2.05, 4.69) is 22.6 Å². The Morgan fingerprint density at radius 2 is 1.56 bits per heavy atom. The lowest BCUT2D eigenvalue weighted by atomic mass is 9.90. The van der Waals surface area contributed by atoms with Crippen molar-refractivity contribution < 1.29 is 19.1 Å². The van der Waals surface area contributed by atoms with Gasteiger partial charge in [-0.1, -0.05) is 96.1 Å². The number of benzene rings is 2. The number of carbonyl (C=O) groups is 2. The zero-order chi connectivity index (χ0) is 23.1. The number of nitrogens with zero attached hydrogens (tertiary/aromatic N) is 1. The van der Waals surface area contributed by atoms with Gasteiger partial charge in [-0.3, -0.25) is 4.90 Å². The number of ether oxygens (including phenoxy) is 2. The maximum atomic E-state index is 13.5. The number of alkyl halides is 1. The second-order valence-electron chi connectivity index (χ2n) is 9.07. The van der Waals surface area contributed by atoms with Gasteiger partial charge < -0.3 is 9.47 Å². The van der Waals surface area contributed by atoms with Gasteiger partial charge in [0.05, 0.1) is 0 Å². The van der Waals surface area contributed by atoms with Crippen molar-refractivity contribution in [3.8, 4) is 0 Å². The molecule has 5 nitrogen and oxygen atoms in total. The van der Waals surface area contributed by atoms with Crippen molar-refractivity contribution in [3.05, 3.63) is 71.8 Å². The zero-order valence-electron chi connectivity index (χ0n) is 19.0. The number of unbranched alkanes of at least 4 members (excludes halogenated alkanes) is 2. The van der Waals surface area contributed by atoms with Gasteiger partial charge in [0.1, 0.15) is 17.7 Å². The third-order valence-corrected chi connectivity index (χ3v) is 6.18. The second-order valence-corrected chi connectivity index (χ2v) is 10.1. The molecule has 1 amide bonds. The summed E-state index contributed by atoms with van der Waals surface area (Å²) >= 11 is 2.36. The van der Waals surface area contributed by atoms with Crippen molar-refractivity contribution >= 4 is 34.7 Å². The predicted molar refractivity (Wildman–Crippen MR) is 134 cm³/mol. The molecule has 0 saturated carbocycles. The van der Waals surface area contributed by atoms with Crippen LogP contribution in [0, 0.1) is 0 Å². The molecule has 0 aromatic heterocycles. The van der Waals surface area contributed by atoms with Crippen LogP contribution in [-0.4, -0.2) is 33.0 Å². The van der Waals surface area contributed by atoms with Crippen molar-refractivity contribution in [2.45, 2.75) is 70.2 Å². The van der Waals surface area contributed by atoms with Gasteiger partial charge in [-0.2, -0.15) is 0 Å². The molecule has 0 spiro atoms. The molecule has 0 N–H and O–H groups in total. The van der Waals surface area contributed by atoms with E-state index < -0.39 is 29.9 Å². The molecular formula is C26H32INO4. The molecule has 3 rings (SSSR count). The maximum absolute atomic E-state index is 13.5. The Hall–Kier alpha value is -2.09. The summed E-state index contributed by atoms with van der Waals surface area (Å²) < 4.78 is 12.9. The number of hydrogen-bond acceptors (Lipinski definition) is 4. The number of esters is 1. The van der Waals surface area contributed by atoms with Crippen LogP contribution < -0.4 is 0 Å². The summed E-state index contributed by atoms with van der Waals surface area (Å²) in [6, 6.07) is 18.2. The normalized spacial score (nSPS) is 21.2. The van der Waals surface area contributed by atoms with Crippen molar-refractivity contribution in [3.63, 3.8) is 0 Å². The van der Waals surface area contributed by atoms with E-state index in [1.54, 1.807) is 4.90 Å². The highest BCUT2D eigenvalue weighted by molar-refractivity contribution is 14.1. The topological polar surface area (TPSA) is 55.8 Å². The number of amides is 1. The van der Waals surface area contributed by atoms with Crippen LogP contribution in [0.2, 0.25) is 0 Å². The number of morpholine rings is 1. The molecule has 1 saturated heterocycles. The highest BCUT2D eigenvalue weighted by Crippen LogP contribution is 2.43. The maximum Gasteiger partial charge on any atom is 0.411 e. The SMILES string of the molecule is CC(C)(C)OC(=O)N1[C@@H](CCCCCI)C(=O)O[C@H](c2ccccc2)[C@@H]1c1ccccc1. The molecule has 1 fully saturated rings. The molecule has 2 aromatic carbocycles. The van der Waals surface area contributed by atoms with Crippen molar-refractivity contribution in [1.29, 1.82) is 0 Å². The molecule has 1 heterocycles. The van der Waals surface area contributed by atoms with E-state index in [4.69, 9.17) is 9.47 Å². The van der Waals surface area contributed by atoms with E-state index in [-0.39, 0.29) is 5.97 Å². The first-order valence-corrected chi connectivity index (χ1v) is 12.7. The standard InChI is InChI=1S/C26H32INO4/c1-26(2,3)32-25(30)28-21(17-11-6-12-18-27)24(29)31-23(20-15-9-5-10-16-20)22(28)19-13-7-4-8-14-19/h4-5,7-10,13-16,21-23H,6,11-12,17-18H2,1-3H3/t21-,22-,23+/m0/s1. The Morgan fingerprint density at radius 3 is 2.12 bits per heavy atom. The van der Waals surface area contributed by atoms with Crippen LogP contribution >= 0.6 is 22.6 Å². The first kappa shape index (κ1) is 24.6. The molecule has 6 heteroatoms. The number of carbonyl (C=O) groups excluding carboxylic acids is 2. The summed E-state index contributed by atoms with van der Waals surface area (Å²) in [6.07, 6.45) is 2.40. The highest BCUT2D eigenvalue weighted by Gasteiger charge is 2.48. The van der Waals surface area contributed by atoms with Gasteiger partial charge >= 0.3 is 12.1 Å². The fraction of sp³-hybridized carbons (Fsp3) is 0.462. The lowest BCUT2D eigenvalue weighted by molar-refractivity contribution is -0.174. The molecule has 0 unspecified atom stereocenters. The van der Waals surface area contributed by atoms with E-state index in [0.717, 1.165) is 34.8 Å². The Kier molecular flexibility index (Phi) is 8.57. The van der Waals surface area contributed by atoms with Crippen LogP contribution in [0.15, 0.2) is 60.7 Å². The molecule has 3 atom stereocenters. The lowest BCUT2D eigenvalue weighted by Gasteiger charge is -2.45. The molecule has 2 aromatic rings. The molecule has 0 radical (unpaired) electrons. The molecule has 1 aliphatic rings. The van der Waals surface area contributed by atoms with Crippen LogP contribution in [0.4, 0.5) is 4.79 Å². The lowest BCUT2D eigenvalue weighted by Crippen LogP contribution is -2.55. The van der Waals surface area contributed by atoms with Crippen molar-refractivity contribution in [2.24, 2.45) is 0 Å². The second kappa shape index (κ2) is 11.2. The minimum atomic E-state index is -0.677. The van der Waals surface area contributed by atoms with Gasteiger partial charge in [-0.15, -0.1) is 0 Å². The van der Waals surface area contributed by atoms with E-state index in [1.807, 2.05) is 81.4 Å². The van der Waals surface area contributed by atoms with Gasteiger partial charge in [0.25, 0.3) is 0 Å². The Bertz CT molecular complexity index is 882. The average Bonchev–Trinajstić information content (AvgIpc) is 2.77. The predicted octanol–water partition coefficient (Wildman–Crippen LogP) is 6.63. The smallest absolute Gasteiger partial charge is 0.411 e. The monoisotopic (exact) mass is 549 g/mol. The third-order valence-electron chi connectivity index (χ3n) is 5.42. The minimum absolute atomic E-state index is 0.369. The van der Waals surface area contributed by atoms with E-state index in [1.165, 1.54) is 0 Å². The quantitative estimate of drug-likeness (QED) is 0.169. The Labute approximate surface area is 204 Å². The third kappa shape index (κ3) is 6.24. The largest absolute Gasteiger partial charge is 0.453 e. The minimum Gasteiger partial charge on any atom is -0.453 e. The first-order valence-electron chi connectivity index (χ1n) is 11.2. The van der Waals surface area contributed by atoms with Gasteiger partial charge in [0.2, 0.25) is 0 Å². The number of rotatable bonds is 7. The van der Waals surface area contributed by atoms with E-state index >= 15 is 0 Å². The van der Waals surface area contributed by atoms with Crippen LogP contribution in [0.25, 0.3) is 0 Å². The first-order chi connectivity index (χ1) is 15.3. The fourth-order valence-electron chi connectivity index (χ4n) is 4.02. The molecule has 172 valence electrons. The number of hydrogen-bond donors (Lipinski definition) is 0. The summed E-state index contributed by atoms with van der Waals surface area (Å²) in [7, 11) is 0. The van der Waals surface area contributed by atoms with Gasteiger partial charge in [0.15, 0.2) is 6.10 Å². The van der Waals surface area contributed by atoms with Crippen LogP contribution in [0.5, 0.6) is 0 Å². The van der Waals surface area contributed by atoms with Crippen LogP contribution in [-0.2, 0) is 14.3 Å². The molecule has 0 bridgehead atoms. The summed E-state index contributed by atoms with van der Waals surface area (Å²) in [6.45, 7) is 5.53. The summed E-state index contributed by atoms with van der Waals surface area (Å²) in [5.41, 5.74) is 1.09. The number of cyclic esters (lactones) is 1. The molecular weight excluding hydrogens is 517 g/mol. The van der Waals surface area contributed by atoms with Crippen molar-refractivity contribution in [1.82, 2.24) is 4.90 Å². The highest BCUT2D eigenvalue weighted by atomic mass is 127. The molecule has 0 aliphatic carbocycles.